The molecule has 0 fully saturated rings. The van der Waals surface area contributed by atoms with Crippen molar-refractivity contribution in [3.8, 4) is 0 Å². The monoisotopic (exact) mass is 313 g/mol. The second kappa shape index (κ2) is 5.99. The molecule has 22 heavy (non-hydrogen) atoms. The first kappa shape index (κ1) is 14.3. The van der Waals surface area contributed by atoms with Crippen molar-refractivity contribution < 1.29 is 9.53 Å². The molecular formula is C16H12ClN3O2. The number of nitrogen functional groups attached to an aromatic ring is 1. The first-order chi connectivity index (χ1) is 10.6. The molecule has 3 aromatic rings. The minimum absolute atomic E-state index is 0.0451. The third-order valence-corrected chi connectivity index (χ3v) is 3.34. The molecule has 0 saturated carbocycles. The Hall–Kier alpha value is -2.66. The summed E-state index contributed by atoms with van der Waals surface area (Å²) in [7, 11) is 0. The van der Waals surface area contributed by atoms with E-state index in [1.165, 1.54) is 0 Å². The number of nitrogens with two attached hydrogens (primary N) is 1. The Labute approximate surface area is 131 Å². The summed E-state index contributed by atoms with van der Waals surface area (Å²) in [6.07, 6.45) is 0. The van der Waals surface area contributed by atoms with Gasteiger partial charge in [-0.25, -0.2) is 14.8 Å². The van der Waals surface area contributed by atoms with Gasteiger partial charge in [-0.3, -0.25) is 0 Å². The van der Waals surface area contributed by atoms with E-state index >= 15 is 0 Å². The van der Waals surface area contributed by atoms with Crippen molar-refractivity contribution in [3.63, 3.8) is 0 Å². The number of para-hydroxylation sites is 1. The molecule has 0 unspecified atom stereocenters. The van der Waals surface area contributed by atoms with Gasteiger partial charge in [0.15, 0.2) is 12.4 Å². The summed E-state index contributed by atoms with van der Waals surface area (Å²) in [5.74, 6) is 0.258. The van der Waals surface area contributed by atoms with Crippen molar-refractivity contribution in [3.05, 3.63) is 64.9 Å². The highest BCUT2D eigenvalue weighted by atomic mass is 35.5. The zero-order valence-electron chi connectivity index (χ0n) is 11.5. The van der Waals surface area contributed by atoms with Crippen molar-refractivity contribution in [1.82, 2.24) is 9.97 Å². The van der Waals surface area contributed by atoms with Crippen LogP contribution in [0.4, 0.5) is 5.82 Å². The van der Waals surface area contributed by atoms with Crippen LogP contribution in [0.2, 0.25) is 5.02 Å². The van der Waals surface area contributed by atoms with Gasteiger partial charge in [0.05, 0.1) is 11.1 Å². The van der Waals surface area contributed by atoms with Crippen molar-refractivity contribution in [2.24, 2.45) is 0 Å². The molecule has 0 saturated heterocycles. The Morgan fingerprint density at radius 2 is 1.82 bits per heavy atom. The van der Waals surface area contributed by atoms with E-state index in [9.17, 15) is 4.79 Å². The van der Waals surface area contributed by atoms with Crippen molar-refractivity contribution in [2.45, 2.75) is 6.61 Å². The van der Waals surface area contributed by atoms with Gasteiger partial charge in [0.1, 0.15) is 5.82 Å². The van der Waals surface area contributed by atoms with Crippen molar-refractivity contribution >= 4 is 34.3 Å². The standard InChI is InChI=1S/C16H12ClN3O2/c17-11-7-5-10(6-8-11)16(21)22-9-14-19-13-4-2-1-3-12(13)15(18)20-14/h1-8H,9H2,(H2,18,19,20). The summed E-state index contributed by atoms with van der Waals surface area (Å²) in [5, 5.41) is 1.33. The summed E-state index contributed by atoms with van der Waals surface area (Å²) in [4.78, 5) is 20.4. The maximum Gasteiger partial charge on any atom is 0.338 e. The lowest BCUT2D eigenvalue weighted by Crippen LogP contribution is -2.08. The van der Waals surface area contributed by atoms with Gasteiger partial charge in [-0.1, -0.05) is 23.7 Å². The van der Waals surface area contributed by atoms with E-state index < -0.39 is 5.97 Å². The summed E-state index contributed by atoms with van der Waals surface area (Å²) in [5.41, 5.74) is 7.02. The lowest BCUT2D eigenvalue weighted by atomic mass is 10.2. The molecule has 2 N–H and O–H groups in total. The van der Waals surface area contributed by atoms with E-state index in [0.29, 0.717) is 27.7 Å². The van der Waals surface area contributed by atoms with Crippen LogP contribution in [0.25, 0.3) is 10.9 Å². The Kier molecular flexibility index (Phi) is 3.89. The topological polar surface area (TPSA) is 78.1 Å². The molecule has 0 aliphatic carbocycles. The molecule has 2 aromatic carbocycles. The Morgan fingerprint density at radius 1 is 1.09 bits per heavy atom. The van der Waals surface area contributed by atoms with Gasteiger partial charge >= 0.3 is 5.97 Å². The highest BCUT2D eigenvalue weighted by molar-refractivity contribution is 6.30. The van der Waals surface area contributed by atoms with Crippen LogP contribution in [0.15, 0.2) is 48.5 Å². The predicted molar refractivity (Wildman–Crippen MR) is 84.5 cm³/mol. The average Bonchev–Trinajstić information content (AvgIpc) is 2.53. The molecule has 3 rings (SSSR count). The van der Waals surface area contributed by atoms with Crippen LogP contribution >= 0.6 is 11.6 Å². The summed E-state index contributed by atoms with van der Waals surface area (Å²) in [6.45, 7) is -0.0451. The number of rotatable bonds is 3. The largest absolute Gasteiger partial charge is 0.454 e. The summed E-state index contributed by atoms with van der Waals surface area (Å²) in [6, 6.07) is 13.8. The summed E-state index contributed by atoms with van der Waals surface area (Å²) < 4.78 is 5.20. The fourth-order valence-corrected chi connectivity index (χ4v) is 2.14. The van der Waals surface area contributed by atoms with Crippen LogP contribution in [-0.4, -0.2) is 15.9 Å². The minimum atomic E-state index is -0.466. The number of anilines is 1. The molecule has 110 valence electrons. The van der Waals surface area contributed by atoms with Gasteiger partial charge in [-0.2, -0.15) is 0 Å². The number of nitrogens with zero attached hydrogens (tertiary/aromatic N) is 2. The van der Waals surface area contributed by atoms with Gasteiger partial charge in [-0.15, -0.1) is 0 Å². The van der Waals surface area contributed by atoms with Crippen molar-refractivity contribution in [1.29, 1.82) is 0 Å². The zero-order chi connectivity index (χ0) is 15.5. The quantitative estimate of drug-likeness (QED) is 0.751. The smallest absolute Gasteiger partial charge is 0.338 e. The van der Waals surface area contributed by atoms with Gasteiger partial charge < -0.3 is 10.5 Å². The van der Waals surface area contributed by atoms with E-state index in [0.717, 1.165) is 5.39 Å². The number of carbonyl (C=O) groups excluding carboxylic acids is 1. The molecule has 0 amide bonds. The van der Waals surface area contributed by atoms with Crippen LogP contribution < -0.4 is 5.73 Å². The number of aromatic nitrogens is 2. The highest BCUT2D eigenvalue weighted by Crippen LogP contribution is 2.17. The number of carbonyl (C=O) groups is 1. The molecule has 0 aliphatic heterocycles. The fraction of sp³-hybridized carbons (Fsp3) is 0.0625. The van der Waals surface area contributed by atoms with Crippen LogP contribution in [0.3, 0.4) is 0 Å². The average molecular weight is 314 g/mol. The first-order valence-corrected chi connectivity index (χ1v) is 6.95. The lowest BCUT2D eigenvalue weighted by molar-refractivity contribution is 0.0463. The number of halogens is 1. The van der Waals surface area contributed by atoms with Gasteiger partial charge in [0, 0.05) is 10.4 Å². The molecule has 1 aromatic heterocycles. The molecule has 5 nitrogen and oxygen atoms in total. The first-order valence-electron chi connectivity index (χ1n) is 6.57. The number of hydrogen-bond acceptors (Lipinski definition) is 5. The molecule has 0 radical (unpaired) electrons. The zero-order valence-corrected chi connectivity index (χ0v) is 12.2. The molecule has 0 bridgehead atoms. The Bertz CT molecular complexity index is 834. The highest BCUT2D eigenvalue weighted by Gasteiger charge is 2.10. The fourth-order valence-electron chi connectivity index (χ4n) is 2.01. The second-order valence-corrected chi connectivity index (χ2v) is 5.06. The molecule has 0 aliphatic rings. The minimum Gasteiger partial charge on any atom is -0.454 e. The number of hydrogen-bond donors (Lipinski definition) is 1. The van der Waals surface area contributed by atoms with Crippen LogP contribution in [-0.2, 0) is 11.3 Å². The van der Waals surface area contributed by atoms with E-state index in [1.54, 1.807) is 24.3 Å². The number of ether oxygens (including phenoxy) is 1. The number of benzene rings is 2. The predicted octanol–water partition coefficient (Wildman–Crippen LogP) is 3.22. The third kappa shape index (κ3) is 2.99. The van der Waals surface area contributed by atoms with Gasteiger partial charge in [-0.05, 0) is 36.4 Å². The number of fused-ring (bicyclic) bond motifs is 1. The molecule has 1 heterocycles. The van der Waals surface area contributed by atoms with Crippen molar-refractivity contribution in [2.75, 3.05) is 5.73 Å². The van der Waals surface area contributed by atoms with E-state index in [1.807, 2.05) is 24.3 Å². The Balaban J connectivity index is 1.76. The maximum atomic E-state index is 11.9. The third-order valence-electron chi connectivity index (χ3n) is 3.09. The van der Waals surface area contributed by atoms with Crippen LogP contribution in [0.1, 0.15) is 16.2 Å². The van der Waals surface area contributed by atoms with E-state index in [2.05, 4.69) is 9.97 Å². The lowest BCUT2D eigenvalue weighted by Gasteiger charge is -2.06. The second-order valence-electron chi connectivity index (χ2n) is 4.63. The Morgan fingerprint density at radius 3 is 2.59 bits per heavy atom. The SMILES string of the molecule is Nc1nc(COC(=O)c2ccc(Cl)cc2)nc2ccccc12. The van der Waals surface area contributed by atoms with E-state index in [-0.39, 0.29) is 6.61 Å². The van der Waals surface area contributed by atoms with Crippen LogP contribution in [0, 0.1) is 0 Å². The molecular weight excluding hydrogens is 302 g/mol. The molecule has 0 atom stereocenters. The molecule has 0 spiro atoms. The van der Waals surface area contributed by atoms with Gasteiger partial charge in [0.2, 0.25) is 0 Å². The van der Waals surface area contributed by atoms with Crippen LogP contribution in [0.5, 0.6) is 0 Å². The normalized spacial score (nSPS) is 10.6. The molecule has 6 heteroatoms. The number of esters is 1. The summed E-state index contributed by atoms with van der Waals surface area (Å²) >= 11 is 5.78. The van der Waals surface area contributed by atoms with Gasteiger partial charge in [0.25, 0.3) is 0 Å². The van der Waals surface area contributed by atoms with E-state index in [4.69, 9.17) is 22.1 Å². The maximum absolute atomic E-state index is 11.9.